The first-order valence-electron chi connectivity index (χ1n) is 7.68. The van der Waals surface area contributed by atoms with Gasteiger partial charge in [0.2, 0.25) is 0 Å². The molecule has 0 unspecified atom stereocenters. The van der Waals surface area contributed by atoms with Crippen LogP contribution in [0, 0.1) is 0 Å². The summed E-state index contributed by atoms with van der Waals surface area (Å²) in [6.07, 6.45) is 4.06. The lowest BCUT2D eigenvalue weighted by atomic mass is 10.1. The van der Waals surface area contributed by atoms with Gasteiger partial charge in [0.1, 0.15) is 0 Å². The molecule has 23 heavy (non-hydrogen) atoms. The summed E-state index contributed by atoms with van der Waals surface area (Å²) in [5.74, 6) is -0.224. The molecule has 0 saturated carbocycles. The maximum Gasteiger partial charge on any atom is 0.251 e. The zero-order chi connectivity index (χ0) is 16.7. The summed E-state index contributed by atoms with van der Waals surface area (Å²) in [5.41, 5.74) is 2.13. The summed E-state index contributed by atoms with van der Waals surface area (Å²) in [6, 6.07) is 10.7. The molecule has 0 radical (unpaired) electrons. The number of benzene rings is 1. The van der Waals surface area contributed by atoms with E-state index in [-0.39, 0.29) is 17.9 Å². The molecule has 120 valence electrons. The fraction of sp³-hybridized carbons (Fsp3) is 0.278. The molecule has 0 bridgehead atoms. The first kappa shape index (κ1) is 16.7. The van der Waals surface area contributed by atoms with Crippen molar-refractivity contribution in [2.75, 3.05) is 0 Å². The van der Waals surface area contributed by atoms with Crippen LogP contribution in [0.1, 0.15) is 46.5 Å². The third kappa shape index (κ3) is 4.92. The first-order chi connectivity index (χ1) is 11.1. The number of carbonyl (C=O) groups is 2. The Labute approximate surface area is 136 Å². The molecule has 1 atom stereocenters. The van der Waals surface area contributed by atoms with Crippen molar-refractivity contribution in [2.45, 2.75) is 32.9 Å². The smallest absolute Gasteiger partial charge is 0.251 e. The Morgan fingerprint density at radius 1 is 1.00 bits per heavy atom. The van der Waals surface area contributed by atoms with E-state index in [9.17, 15) is 9.59 Å². The van der Waals surface area contributed by atoms with Crippen LogP contribution in [0.3, 0.4) is 0 Å². The molecule has 2 amide bonds. The van der Waals surface area contributed by atoms with Gasteiger partial charge < -0.3 is 10.6 Å². The predicted octanol–water partition coefficient (Wildman–Crippen LogP) is 2.54. The van der Waals surface area contributed by atoms with E-state index in [1.54, 1.807) is 36.7 Å². The Morgan fingerprint density at radius 2 is 1.61 bits per heavy atom. The van der Waals surface area contributed by atoms with Gasteiger partial charge in [0, 0.05) is 36.1 Å². The summed E-state index contributed by atoms with van der Waals surface area (Å²) < 4.78 is 0. The van der Waals surface area contributed by atoms with Crippen molar-refractivity contribution in [3.8, 4) is 0 Å². The molecule has 2 N–H and O–H groups in total. The number of aromatic nitrogens is 1. The highest BCUT2D eigenvalue weighted by Gasteiger charge is 2.09. The van der Waals surface area contributed by atoms with Crippen LogP contribution in [-0.4, -0.2) is 22.8 Å². The molecule has 1 aromatic carbocycles. The number of pyridine rings is 1. The number of rotatable bonds is 6. The van der Waals surface area contributed by atoms with Gasteiger partial charge in [0.25, 0.3) is 11.8 Å². The summed E-state index contributed by atoms with van der Waals surface area (Å²) in [6.45, 7) is 4.41. The van der Waals surface area contributed by atoms with Crippen molar-refractivity contribution in [3.63, 3.8) is 0 Å². The monoisotopic (exact) mass is 311 g/mol. The van der Waals surface area contributed by atoms with Gasteiger partial charge in [-0.05, 0) is 43.2 Å². The Bertz CT molecular complexity index is 654. The summed E-state index contributed by atoms with van der Waals surface area (Å²) >= 11 is 0. The van der Waals surface area contributed by atoms with Crippen molar-refractivity contribution >= 4 is 11.8 Å². The molecule has 0 fully saturated rings. The lowest BCUT2D eigenvalue weighted by Gasteiger charge is -2.11. The van der Waals surface area contributed by atoms with Crippen LogP contribution in [-0.2, 0) is 6.54 Å². The number of hydrogen-bond acceptors (Lipinski definition) is 3. The van der Waals surface area contributed by atoms with E-state index < -0.39 is 0 Å². The summed E-state index contributed by atoms with van der Waals surface area (Å²) in [5, 5.41) is 5.76. The van der Waals surface area contributed by atoms with Crippen LogP contribution in [0.5, 0.6) is 0 Å². The first-order valence-corrected chi connectivity index (χ1v) is 7.68. The maximum atomic E-state index is 12.0. The number of nitrogens with zero attached hydrogens (tertiary/aromatic N) is 1. The van der Waals surface area contributed by atoms with Crippen LogP contribution >= 0.6 is 0 Å². The minimum Gasteiger partial charge on any atom is -0.350 e. The minimum atomic E-state index is -0.147. The Hall–Kier alpha value is -2.69. The van der Waals surface area contributed by atoms with Gasteiger partial charge in [-0.1, -0.05) is 19.1 Å². The second-order valence-corrected chi connectivity index (χ2v) is 5.40. The van der Waals surface area contributed by atoms with E-state index >= 15 is 0 Å². The molecule has 0 aliphatic rings. The molecule has 2 rings (SSSR count). The van der Waals surface area contributed by atoms with E-state index in [2.05, 4.69) is 15.6 Å². The van der Waals surface area contributed by atoms with Crippen molar-refractivity contribution in [3.05, 3.63) is 65.5 Å². The van der Waals surface area contributed by atoms with Crippen molar-refractivity contribution < 1.29 is 9.59 Å². The predicted molar refractivity (Wildman–Crippen MR) is 89.1 cm³/mol. The van der Waals surface area contributed by atoms with Crippen LogP contribution in [0.25, 0.3) is 0 Å². The van der Waals surface area contributed by atoms with Crippen LogP contribution in [0.4, 0.5) is 0 Å². The normalized spacial score (nSPS) is 11.6. The zero-order valence-electron chi connectivity index (χ0n) is 13.4. The van der Waals surface area contributed by atoms with Crippen LogP contribution in [0.2, 0.25) is 0 Å². The molecule has 0 aliphatic heterocycles. The molecule has 0 aliphatic carbocycles. The Balaban J connectivity index is 1.90. The lowest BCUT2D eigenvalue weighted by Crippen LogP contribution is -2.31. The zero-order valence-corrected chi connectivity index (χ0v) is 13.4. The number of hydrogen-bond donors (Lipinski definition) is 2. The van der Waals surface area contributed by atoms with Crippen molar-refractivity contribution in [1.82, 2.24) is 15.6 Å². The summed E-state index contributed by atoms with van der Waals surface area (Å²) in [4.78, 5) is 27.8. The Kier molecular flexibility index (Phi) is 5.86. The lowest BCUT2D eigenvalue weighted by molar-refractivity contribution is 0.0934. The average molecular weight is 311 g/mol. The van der Waals surface area contributed by atoms with E-state index in [1.165, 1.54) is 0 Å². The number of carbonyl (C=O) groups excluding carboxylic acids is 2. The third-order valence-corrected chi connectivity index (χ3v) is 3.60. The Morgan fingerprint density at radius 3 is 2.22 bits per heavy atom. The second-order valence-electron chi connectivity index (χ2n) is 5.40. The van der Waals surface area contributed by atoms with Gasteiger partial charge in [0.05, 0.1) is 0 Å². The molecule has 1 aromatic heterocycles. The standard InChI is InChI=1S/C18H21N3O2/c1-3-13(2)21-18(23)15-6-4-14(5-7-15)12-20-17(22)16-8-10-19-11-9-16/h4-11,13H,3,12H2,1-2H3,(H,20,22)(H,21,23)/t13-/m1/s1. The molecular formula is C18H21N3O2. The van der Waals surface area contributed by atoms with Gasteiger partial charge >= 0.3 is 0 Å². The van der Waals surface area contributed by atoms with Gasteiger partial charge in [-0.3, -0.25) is 14.6 Å². The van der Waals surface area contributed by atoms with Crippen LogP contribution < -0.4 is 10.6 Å². The van der Waals surface area contributed by atoms with Gasteiger partial charge in [-0.2, -0.15) is 0 Å². The molecule has 1 heterocycles. The highest BCUT2D eigenvalue weighted by molar-refractivity contribution is 5.95. The fourth-order valence-corrected chi connectivity index (χ4v) is 1.97. The molecule has 5 heteroatoms. The molecular weight excluding hydrogens is 290 g/mol. The van der Waals surface area contributed by atoms with E-state index in [1.807, 2.05) is 26.0 Å². The molecule has 0 spiro atoms. The largest absolute Gasteiger partial charge is 0.350 e. The number of nitrogens with one attached hydrogen (secondary N) is 2. The topological polar surface area (TPSA) is 71.1 Å². The minimum absolute atomic E-state index is 0.0771. The maximum absolute atomic E-state index is 12.0. The van der Waals surface area contributed by atoms with Crippen molar-refractivity contribution in [2.24, 2.45) is 0 Å². The molecule has 5 nitrogen and oxygen atoms in total. The number of amides is 2. The fourth-order valence-electron chi connectivity index (χ4n) is 1.97. The average Bonchev–Trinajstić information content (AvgIpc) is 2.60. The van der Waals surface area contributed by atoms with Gasteiger partial charge in [0.15, 0.2) is 0 Å². The third-order valence-electron chi connectivity index (χ3n) is 3.60. The highest BCUT2D eigenvalue weighted by atomic mass is 16.2. The SMILES string of the molecule is CC[C@@H](C)NC(=O)c1ccc(CNC(=O)c2ccncc2)cc1. The van der Waals surface area contributed by atoms with E-state index in [4.69, 9.17) is 0 Å². The van der Waals surface area contributed by atoms with Gasteiger partial charge in [-0.15, -0.1) is 0 Å². The molecule has 0 saturated heterocycles. The highest BCUT2D eigenvalue weighted by Crippen LogP contribution is 2.06. The van der Waals surface area contributed by atoms with E-state index in [0.717, 1.165) is 12.0 Å². The quantitative estimate of drug-likeness (QED) is 0.861. The second kappa shape index (κ2) is 8.08. The van der Waals surface area contributed by atoms with Crippen molar-refractivity contribution in [1.29, 1.82) is 0 Å². The van der Waals surface area contributed by atoms with E-state index in [0.29, 0.717) is 17.7 Å². The summed E-state index contributed by atoms with van der Waals surface area (Å²) in [7, 11) is 0. The van der Waals surface area contributed by atoms with Gasteiger partial charge in [-0.25, -0.2) is 0 Å². The van der Waals surface area contributed by atoms with Crippen LogP contribution in [0.15, 0.2) is 48.8 Å². The molecule has 2 aromatic rings.